The van der Waals surface area contributed by atoms with Crippen molar-refractivity contribution in [1.82, 2.24) is 5.32 Å². The summed E-state index contributed by atoms with van der Waals surface area (Å²) < 4.78 is 10.5. The van der Waals surface area contributed by atoms with E-state index in [1.54, 1.807) is 38.3 Å². The van der Waals surface area contributed by atoms with E-state index in [-0.39, 0.29) is 18.2 Å². The number of carbonyl (C=O) groups excluding carboxylic acids is 1. The number of benzene rings is 1. The number of methoxy groups -OCH3 is 1. The number of amides is 1. The summed E-state index contributed by atoms with van der Waals surface area (Å²) in [5.41, 5.74) is -0.282. The second-order valence-electron chi connectivity index (χ2n) is 6.01. The van der Waals surface area contributed by atoms with Gasteiger partial charge in [0.2, 0.25) is 5.91 Å². The molecule has 1 saturated heterocycles. The zero-order valence-corrected chi connectivity index (χ0v) is 13.5. The fraction of sp³-hybridized carbons (Fsp3) is 0.529. The van der Waals surface area contributed by atoms with Crippen LogP contribution in [0.1, 0.15) is 31.7 Å². The predicted molar refractivity (Wildman–Crippen MR) is 84.3 cm³/mol. The average molecular weight is 321 g/mol. The molecule has 0 radical (unpaired) electrons. The fourth-order valence-electron chi connectivity index (χ4n) is 2.82. The first kappa shape index (κ1) is 17.3. The number of hydrogen-bond acceptors (Lipinski definition) is 4. The van der Waals surface area contributed by atoms with Crippen LogP contribution < -0.4 is 10.1 Å². The lowest BCUT2D eigenvalue weighted by Gasteiger charge is -2.33. The summed E-state index contributed by atoms with van der Waals surface area (Å²) in [5.74, 6) is -0.607. The van der Waals surface area contributed by atoms with E-state index in [0.29, 0.717) is 37.4 Å². The molecule has 1 fully saturated rings. The van der Waals surface area contributed by atoms with Gasteiger partial charge in [0.05, 0.1) is 19.1 Å². The number of carbonyl (C=O) groups is 2. The SMILES string of the molecule is COc1cccc(C(C)(CC(=O)O)NC(=O)C2CCOCC2)c1. The third-order valence-corrected chi connectivity index (χ3v) is 4.20. The number of ether oxygens (including phenoxy) is 2. The lowest BCUT2D eigenvalue weighted by atomic mass is 9.87. The third-order valence-electron chi connectivity index (χ3n) is 4.20. The quantitative estimate of drug-likeness (QED) is 0.836. The summed E-state index contributed by atoms with van der Waals surface area (Å²) >= 11 is 0. The van der Waals surface area contributed by atoms with Gasteiger partial charge < -0.3 is 19.9 Å². The van der Waals surface area contributed by atoms with Crippen LogP contribution in [-0.2, 0) is 19.9 Å². The molecule has 0 aliphatic carbocycles. The predicted octanol–water partition coefficient (Wildman–Crippen LogP) is 1.93. The van der Waals surface area contributed by atoms with Gasteiger partial charge in [0.25, 0.3) is 0 Å². The van der Waals surface area contributed by atoms with Crippen LogP contribution in [0.5, 0.6) is 5.75 Å². The van der Waals surface area contributed by atoms with Crippen molar-refractivity contribution < 1.29 is 24.2 Å². The van der Waals surface area contributed by atoms with Crippen LogP contribution in [0.4, 0.5) is 0 Å². The Hall–Kier alpha value is -2.08. The van der Waals surface area contributed by atoms with Crippen LogP contribution in [0.15, 0.2) is 24.3 Å². The molecule has 2 N–H and O–H groups in total. The lowest BCUT2D eigenvalue weighted by molar-refractivity contribution is -0.139. The standard InChI is InChI=1S/C17H23NO5/c1-17(11-15(19)20,13-4-3-5-14(10-13)22-2)18-16(21)12-6-8-23-9-7-12/h3-5,10,12H,6-9,11H2,1-2H3,(H,18,21)(H,19,20). The van der Waals surface area contributed by atoms with Crippen molar-refractivity contribution in [1.29, 1.82) is 0 Å². The molecule has 126 valence electrons. The van der Waals surface area contributed by atoms with E-state index >= 15 is 0 Å². The van der Waals surface area contributed by atoms with E-state index in [1.165, 1.54) is 0 Å². The van der Waals surface area contributed by atoms with Crippen LogP contribution in [-0.4, -0.2) is 37.3 Å². The highest BCUT2D eigenvalue weighted by molar-refractivity contribution is 5.81. The Bertz CT molecular complexity index is 568. The molecule has 0 bridgehead atoms. The van der Waals surface area contributed by atoms with Crippen LogP contribution in [0.3, 0.4) is 0 Å². The Labute approximate surface area is 135 Å². The molecule has 1 aliphatic heterocycles. The van der Waals surface area contributed by atoms with E-state index in [4.69, 9.17) is 9.47 Å². The van der Waals surface area contributed by atoms with Crippen molar-refractivity contribution in [2.24, 2.45) is 5.92 Å². The Morgan fingerprint density at radius 2 is 2.09 bits per heavy atom. The van der Waals surface area contributed by atoms with Crippen molar-refractivity contribution >= 4 is 11.9 Å². The molecule has 2 rings (SSSR count). The van der Waals surface area contributed by atoms with Crippen molar-refractivity contribution in [3.63, 3.8) is 0 Å². The first-order valence-electron chi connectivity index (χ1n) is 7.71. The van der Waals surface area contributed by atoms with Gasteiger partial charge in [0.15, 0.2) is 0 Å². The first-order chi connectivity index (χ1) is 10.9. The molecule has 1 amide bonds. The van der Waals surface area contributed by atoms with Crippen molar-refractivity contribution in [2.45, 2.75) is 31.7 Å². The van der Waals surface area contributed by atoms with E-state index in [9.17, 15) is 14.7 Å². The van der Waals surface area contributed by atoms with Gasteiger partial charge in [0.1, 0.15) is 5.75 Å². The van der Waals surface area contributed by atoms with Gasteiger partial charge in [-0.1, -0.05) is 12.1 Å². The normalized spacial score (nSPS) is 18.0. The molecular formula is C17H23NO5. The number of rotatable bonds is 6. The molecule has 1 unspecified atom stereocenters. The zero-order valence-electron chi connectivity index (χ0n) is 13.5. The number of nitrogens with one attached hydrogen (secondary N) is 1. The van der Waals surface area contributed by atoms with Crippen LogP contribution in [0, 0.1) is 5.92 Å². The molecule has 6 heteroatoms. The minimum Gasteiger partial charge on any atom is -0.497 e. The largest absolute Gasteiger partial charge is 0.497 e. The van der Waals surface area contributed by atoms with Gasteiger partial charge in [-0.3, -0.25) is 9.59 Å². The highest BCUT2D eigenvalue weighted by Crippen LogP contribution is 2.29. The number of carboxylic acids is 1. The summed E-state index contributed by atoms with van der Waals surface area (Å²) in [5, 5.41) is 12.2. The zero-order chi connectivity index (χ0) is 16.9. The van der Waals surface area contributed by atoms with Crippen molar-refractivity contribution in [2.75, 3.05) is 20.3 Å². The summed E-state index contributed by atoms with van der Waals surface area (Å²) in [6.45, 7) is 2.85. The van der Waals surface area contributed by atoms with Crippen molar-refractivity contribution in [3.8, 4) is 5.75 Å². The van der Waals surface area contributed by atoms with Gasteiger partial charge in [-0.15, -0.1) is 0 Å². The summed E-state index contributed by atoms with van der Waals surface area (Å²) in [4.78, 5) is 23.8. The molecule has 6 nitrogen and oxygen atoms in total. The highest BCUT2D eigenvalue weighted by Gasteiger charge is 2.34. The molecule has 0 aromatic heterocycles. The second-order valence-corrected chi connectivity index (χ2v) is 6.01. The summed E-state index contributed by atoms with van der Waals surface area (Å²) in [6.07, 6.45) is 1.12. The topological polar surface area (TPSA) is 84.9 Å². The maximum absolute atomic E-state index is 12.5. The van der Waals surface area contributed by atoms with Crippen LogP contribution in [0.25, 0.3) is 0 Å². The summed E-state index contributed by atoms with van der Waals surface area (Å²) in [6, 6.07) is 7.13. The lowest BCUT2D eigenvalue weighted by Crippen LogP contribution is -2.48. The van der Waals surface area contributed by atoms with Gasteiger partial charge >= 0.3 is 5.97 Å². The minimum atomic E-state index is -0.990. The molecule has 1 atom stereocenters. The molecule has 1 aromatic carbocycles. The van der Waals surface area contributed by atoms with E-state index in [0.717, 1.165) is 0 Å². The Morgan fingerprint density at radius 1 is 1.39 bits per heavy atom. The Morgan fingerprint density at radius 3 is 2.70 bits per heavy atom. The van der Waals surface area contributed by atoms with Gasteiger partial charge in [-0.05, 0) is 37.5 Å². The number of hydrogen-bond donors (Lipinski definition) is 2. The maximum atomic E-state index is 12.5. The van der Waals surface area contributed by atoms with E-state index < -0.39 is 11.5 Å². The van der Waals surface area contributed by atoms with Gasteiger partial charge in [-0.2, -0.15) is 0 Å². The molecular weight excluding hydrogens is 298 g/mol. The molecule has 1 heterocycles. The van der Waals surface area contributed by atoms with Crippen LogP contribution in [0.2, 0.25) is 0 Å². The molecule has 1 aromatic rings. The Kier molecular flexibility index (Phi) is 5.60. The summed E-state index contributed by atoms with van der Waals surface area (Å²) in [7, 11) is 1.55. The van der Waals surface area contributed by atoms with Crippen molar-refractivity contribution in [3.05, 3.63) is 29.8 Å². The van der Waals surface area contributed by atoms with Gasteiger partial charge in [-0.25, -0.2) is 0 Å². The first-order valence-corrected chi connectivity index (χ1v) is 7.71. The van der Waals surface area contributed by atoms with E-state index in [1.807, 2.05) is 0 Å². The molecule has 0 spiro atoms. The monoisotopic (exact) mass is 321 g/mol. The fourth-order valence-corrected chi connectivity index (χ4v) is 2.82. The minimum absolute atomic E-state index is 0.125. The average Bonchev–Trinajstić information content (AvgIpc) is 2.55. The smallest absolute Gasteiger partial charge is 0.306 e. The maximum Gasteiger partial charge on any atom is 0.306 e. The van der Waals surface area contributed by atoms with Gasteiger partial charge in [0, 0.05) is 19.1 Å². The van der Waals surface area contributed by atoms with E-state index in [2.05, 4.69) is 5.32 Å². The second kappa shape index (κ2) is 7.46. The number of aliphatic carboxylic acids is 1. The molecule has 0 saturated carbocycles. The van der Waals surface area contributed by atoms with Crippen LogP contribution >= 0.6 is 0 Å². The molecule has 1 aliphatic rings. The number of carboxylic acid groups (broad SMARTS) is 1. The molecule has 23 heavy (non-hydrogen) atoms. The highest BCUT2D eigenvalue weighted by atomic mass is 16.5. The Balaban J connectivity index is 2.23. The third kappa shape index (κ3) is 4.45.